The summed E-state index contributed by atoms with van der Waals surface area (Å²) in [6.07, 6.45) is 2.07. The molecule has 1 aromatic heterocycles. The molecule has 0 aliphatic carbocycles. The second-order valence-electron chi connectivity index (χ2n) is 9.92. The van der Waals surface area contributed by atoms with Crippen molar-refractivity contribution >= 4 is 35.0 Å². The van der Waals surface area contributed by atoms with Crippen molar-refractivity contribution in [3.05, 3.63) is 112 Å². The van der Waals surface area contributed by atoms with Gasteiger partial charge in [-0.05, 0) is 36.4 Å². The van der Waals surface area contributed by atoms with E-state index in [1.165, 1.54) is 47.3 Å². The number of hydrogen-bond donors (Lipinski definition) is 2. The van der Waals surface area contributed by atoms with Gasteiger partial charge < -0.3 is 19.9 Å². The standard InChI is InChI=1S/C30H26ClF2N5O4S/c1-18(30(40,15-38-17-35-16-36-38)25-9-7-22(32)10-27(25)33)43-24-13-41-29(42-14-24)20-4-2-19(3-5-20)28(39)37-23-8-6-21(12-34)26(31)11-23/h2-11,16-18,24,29,40H,13-15H2,1H3,(H,37,39)/t18-,24-,29-,30-/m1/s1. The Morgan fingerprint density at radius 3 is 2.58 bits per heavy atom. The maximum atomic E-state index is 14.8. The molecule has 5 rings (SSSR count). The van der Waals surface area contributed by atoms with Crippen molar-refractivity contribution in [2.75, 3.05) is 18.5 Å². The van der Waals surface area contributed by atoms with Gasteiger partial charge in [-0.1, -0.05) is 36.7 Å². The molecule has 0 radical (unpaired) electrons. The summed E-state index contributed by atoms with van der Waals surface area (Å²) >= 11 is 7.41. The summed E-state index contributed by atoms with van der Waals surface area (Å²) in [6, 6.07) is 16.5. The Hall–Kier alpha value is -3.86. The van der Waals surface area contributed by atoms with Crippen LogP contribution in [-0.4, -0.2) is 49.5 Å². The van der Waals surface area contributed by atoms with Crippen molar-refractivity contribution in [3.8, 4) is 6.07 Å². The number of hydrogen-bond acceptors (Lipinski definition) is 8. The molecule has 43 heavy (non-hydrogen) atoms. The number of amides is 1. The Kier molecular flexibility index (Phi) is 9.39. The molecule has 4 aromatic rings. The fourth-order valence-corrected chi connectivity index (χ4v) is 6.21. The number of carbonyl (C=O) groups excluding carboxylic acids is 1. The van der Waals surface area contributed by atoms with E-state index < -0.39 is 28.8 Å². The van der Waals surface area contributed by atoms with E-state index >= 15 is 0 Å². The Morgan fingerprint density at radius 1 is 1.21 bits per heavy atom. The first-order valence-corrected chi connectivity index (χ1v) is 14.5. The number of anilines is 1. The van der Waals surface area contributed by atoms with Gasteiger partial charge in [-0.2, -0.15) is 10.4 Å². The van der Waals surface area contributed by atoms with Crippen molar-refractivity contribution in [2.24, 2.45) is 0 Å². The van der Waals surface area contributed by atoms with Gasteiger partial charge in [-0.3, -0.25) is 4.79 Å². The number of thioether (sulfide) groups is 1. The van der Waals surface area contributed by atoms with Gasteiger partial charge in [0.2, 0.25) is 0 Å². The summed E-state index contributed by atoms with van der Waals surface area (Å²) in [4.78, 5) is 16.6. The van der Waals surface area contributed by atoms with Gasteiger partial charge >= 0.3 is 0 Å². The number of nitrogens with one attached hydrogen (secondary N) is 1. The molecular formula is C30H26ClF2N5O4S. The van der Waals surface area contributed by atoms with Gasteiger partial charge in [-0.15, -0.1) is 11.8 Å². The summed E-state index contributed by atoms with van der Waals surface area (Å²) in [7, 11) is 0. The molecule has 2 N–H and O–H groups in total. The maximum Gasteiger partial charge on any atom is 0.255 e. The van der Waals surface area contributed by atoms with Crippen molar-refractivity contribution in [2.45, 2.75) is 35.9 Å². The van der Waals surface area contributed by atoms with Crippen LogP contribution in [-0.2, 0) is 21.6 Å². The summed E-state index contributed by atoms with van der Waals surface area (Å²) in [6.45, 7) is 2.23. The first-order valence-electron chi connectivity index (χ1n) is 13.2. The topological polar surface area (TPSA) is 122 Å². The van der Waals surface area contributed by atoms with Crippen molar-refractivity contribution in [1.29, 1.82) is 5.26 Å². The van der Waals surface area contributed by atoms with Crippen LogP contribution in [0.25, 0.3) is 0 Å². The average molecular weight is 626 g/mol. The molecule has 2 heterocycles. The fraction of sp³-hybridized carbons (Fsp3) is 0.267. The molecule has 2 atom stereocenters. The molecule has 13 heteroatoms. The molecule has 0 saturated carbocycles. The van der Waals surface area contributed by atoms with Crippen LogP contribution < -0.4 is 5.32 Å². The van der Waals surface area contributed by atoms with E-state index in [-0.39, 0.29) is 41.5 Å². The lowest BCUT2D eigenvalue weighted by Crippen LogP contribution is -2.43. The number of rotatable bonds is 9. The number of carbonyl (C=O) groups is 1. The van der Waals surface area contributed by atoms with Crippen molar-refractivity contribution in [1.82, 2.24) is 14.8 Å². The quantitative estimate of drug-likeness (QED) is 0.252. The second kappa shape index (κ2) is 13.2. The molecule has 1 aliphatic rings. The minimum absolute atomic E-state index is 0.0497. The summed E-state index contributed by atoms with van der Waals surface area (Å²) in [5.41, 5.74) is 0.104. The molecule has 0 unspecified atom stereocenters. The second-order valence-corrected chi connectivity index (χ2v) is 12.0. The molecule has 1 amide bonds. The fourth-order valence-electron chi connectivity index (χ4n) is 4.67. The lowest BCUT2D eigenvalue weighted by Gasteiger charge is -2.37. The Labute approximate surface area is 255 Å². The van der Waals surface area contributed by atoms with Crippen LogP contribution in [0.4, 0.5) is 14.5 Å². The van der Waals surface area contributed by atoms with E-state index in [9.17, 15) is 18.7 Å². The Balaban J connectivity index is 1.20. The number of halogens is 3. The zero-order valence-corrected chi connectivity index (χ0v) is 24.4. The normalized spacial score (nSPS) is 18.8. The van der Waals surface area contributed by atoms with E-state index in [0.717, 1.165) is 12.1 Å². The van der Waals surface area contributed by atoms with Crippen molar-refractivity contribution in [3.63, 3.8) is 0 Å². The SMILES string of the molecule is C[C@@H](S[C@H]1CO[C@H](c2ccc(C(=O)Nc3ccc(C#N)c(Cl)c3)cc2)OC1)[C@](O)(Cn1cncn1)c1ccc(F)cc1F. The molecule has 0 bridgehead atoms. The number of aliphatic hydroxyl groups is 1. The average Bonchev–Trinajstić information content (AvgIpc) is 3.50. The van der Waals surface area contributed by atoms with Gasteiger partial charge in [-0.25, -0.2) is 18.4 Å². The van der Waals surface area contributed by atoms with E-state index in [1.54, 1.807) is 37.3 Å². The molecule has 3 aromatic carbocycles. The lowest BCUT2D eigenvalue weighted by atomic mass is 9.90. The highest BCUT2D eigenvalue weighted by molar-refractivity contribution is 8.00. The molecule has 222 valence electrons. The maximum absolute atomic E-state index is 14.8. The van der Waals surface area contributed by atoms with Crippen LogP contribution in [0.2, 0.25) is 5.02 Å². The van der Waals surface area contributed by atoms with E-state index in [2.05, 4.69) is 15.4 Å². The molecule has 1 fully saturated rings. The first kappa shape index (κ1) is 30.6. The zero-order chi connectivity index (χ0) is 30.6. The number of nitrogens with zero attached hydrogens (tertiary/aromatic N) is 4. The zero-order valence-electron chi connectivity index (χ0n) is 22.8. The number of nitriles is 1. The predicted octanol–water partition coefficient (Wildman–Crippen LogP) is 5.46. The monoisotopic (exact) mass is 625 g/mol. The van der Waals surface area contributed by atoms with Crippen LogP contribution in [0.15, 0.2) is 73.3 Å². The highest BCUT2D eigenvalue weighted by Crippen LogP contribution is 2.39. The first-order chi connectivity index (χ1) is 20.7. The largest absolute Gasteiger partial charge is 0.382 e. The minimum atomic E-state index is -1.74. The predicted molar refractivity (Wildman–Crippen MR) is 156 cm³/mol. The highest BCUT2D eigenvalue weighted by Gasteiger charge is 2.41. The lowest BCUT2D eigenvalue weighted by molar-refractivity contribution is -0.180. The summed E-state index contributed by atoms with van der Waals surface area (Å²) < 4.78 is 41.8. The van der Waals surface area contributed by atoms with Crippen LogP contribution in [0.5, 0.6) is 0 Å². The molecular weight excluding hydrogens is 600 g/mol. The highest BCUT2D eigenvalue weighted by atomic mass is 35.5. The van der Waals surface area contributed by atoms with Crippen LogP contribution in [0.3, 0.4) is 0 Å². The molecule has 1 aliphatic heterocycles. The molecule has 9 nitrogen and oxygen atoms in total. The summed E-state index contributed by atoms with van der Waals surface area (Å²) in [5, 5.41) is 27.0. The van der Waals surface area contributed by atoms with Crippen LogP contribution in [0, 0.1) is 23.0 Å². The Bertz CT molecular complexity index is 1630. The van der Waals surface area contributed by atoms with Crippen molar-refractivity contribution < 1.29 is 28.2 Å². The van der Waals surface area contributed by atoms with Gasteiger partial charge in [0.25, 0.3) is 5.91 Å². The molecule has 0 spiro atoms. The Morgan fingerprint density at radius 2 is 1.95 bits per heavy atom. The van der Waals surface area contributed by atoms with Crippen LogP contribution >= 0.6 is 23.4 Å². The number of ether oxygens (including phenoxy) is 2. The molecule has 1 saturated heterocycles. The van der Waals surface area contributed by atoms with Gasteiger partial charge in [0, 0.05) is 33.7 Å². The van der Waals surface area contributed by atoms with Crippen LogP contribution in [0.1, 0.15) is 40.3 Å². The summed E-state index contributed by atoms with van der Waals surface area (Å²) in [5.74, 6) is -1.95. The van der Waals surface area contributed by atoms with E-state index in [0.29, 0.717) is 22.4 Å². The van der Waals surface area contributed by atoms with Gasteiger partial charge in [0.15, 0.2) is 6.29 Å². The van der Waals surface area contributed by atoms with E-state index in [4.69, 9.17) is 26.3 Å². The number of benzene rings is 3. The smallest absolute Gasteiger partial charge is 0.255 e. The number of aromatic nitrogens is 3. The van der Waals surface area contributed by atoms with Gasteiger partial charge in [0.1, 0.15) is 36.0 Å². The van der Waals surface area contributed by atoms with E-state index in [1.807, 2.05) is 6.07 Å². The third-order valence-corrected chi connectivity index (χ3v) is 8.76. The third-order valence-electron chi connectivity index (χ3n) is 7.00. The van der Waals surface area contributed by atoms with Gasteiger partial charge in [0.05, 0.1) is 35.6 Å². The third kappa shape index (κ3) is 7.04. The minimum Gasteiger partial charge on any atom is -0.382 e.